The molecule has 40 heavy (non-hydrogen) atoms. The van der Waals surface area contributed by atoms with Gasteiger partial charge >= 0.3 is 0 Å². The molecule has 4 aromatic carbocycles. The fraction of sp³-hybridized carbons (Fsp3) is 0.161. The molecule has 1 amide bonds. The van der Waals surface area contributed by atoms with Crippen LogP contribution in [0.2, 0.25) is 0 Å². The average molecular weight is 586 g/mol. The number of hydrogen-bond donors (Lipinski definition) is 0. The van der Waals surface area contributed by atoms with Crippen LogP contribution < -0.4 is 9.21 Å². The molecule has 0 radical (unpaired) electrons. The highest BCUT2D eigenvalue weighted by Gasteiger charge is 2.29. The molecule has 1 aliphatic rings. The van der Waals surface area contributed by atoms with Gasteiger partial charge in [0, 0.05) is 17.0 Å². The monoisotopic (exact) mass is 585 g/mol. The summed E-state index contributed by atoms with van der Waals surface area (Å²) >= 11 is 3.14. The summed E-state index contributed by atoms with van der Waals surface area (Å²) in [7, 11) is -3.77. The van der Waals surface area contributed by atoms with Crippen molar-refractivity contribution in [1.82, 2.24) is 4.98 Å². The van der Waals surface area contributed by atoms with Gasteiger partial charge in [0.2, 0.25) is 0 Å². The number of carbonyl (C=O) groups is 1. The lowest BCUT2D eigenvalue weighted by molar-refractivity contribution is 0.0985. The summed E-state index contributed by atoms with van der Waals surface area (Å²) in [4.78, 5) is 21.7. The van der Waals surface area contributed by atoms with Crippen LogP contribution in [0.4, 0.5) is 10.8 Å². The molecule has 0 atom stereocenters. The number of anilines is 2. The maximum atomic E-state index is 13.9. The Morgan fingerprint density at radius 2 is 1.73 bits per heavy atom. The first-order chi connectivity index (χ1) is 19.4. The predicted molar refractivity (Wildman–Crippen MR) is 164 cm³/mol. The number of hydrogen-bond acceptors (Lipinski definition) is 6. The van der Waals surface area contributed by atoms with Gasteiger partial charge in [0.05, 0.1) is 27.3 Å². The van der Waals surface area contributed by atoms with Crippen molar-refractivity contribution < 1.29 is 13.2 Å². The largest absolute Gasteiger partial charge is 0.279 e. The quantitative estimate of drug-likeness (QED) is 0.192. The number of fused-ring (bicyclic) bond motifs is 2. The number of aromatic nitrogens is 1. The van der Waals surface area contributed by atoms with E-state index in [4.69, 9.17) is 4.98 Å². The van der Waals surface area contributed by atoms with E-state index in [2.05, 4.69) is 6.07 Å². The van der Waals surface area contributed by atoms with Crippen molar-refractivity contribution >= 4 is 60.1 Å². The fourth-order valence-electron chi connectivity index (χ4n) is 4.93. The number of carbonyl (C=O) groups excluding carboxylic acids is 1. The Bertz CT molecular complexity index is 1790. The van der Waals surface area contributed by atoms with Crippen LogP contribution in [0.3, 0.4) is 0 Å². The standard InChI is InChI=1S/C31H27N3O3S3/c1-38-25-15-18-27-29(20-25)39-31(32-27)33(21-22-8-3-2-4-9-22)30(35)24-13-16-26(17-14-24)40(36,37)34-19-7-11-23-10-5-6-12-28(23)34/h2-6,8-10,12-18,20H,7,11,19,21H2,1H3. The second-order valence-electron chi connectivity index (χ2n) is 9.54. The van der Waals surface area contributed by atoms with Gasteiger partial charge in [-0.05, 0) is 78.8 Å². The van der Waals surface area contributed by atoms with Crippen LogP contribution in [0.15, 0.2) is 107 Å². The van der Waals surface area contributed by atoms with Crippen molar-refractivity contribution in [3.05, 3.63) is 114 Å². The van der Waals surface area contributed by atoms with E-state index in [-0.39, 0.29) is 10.8 Å². The van der Waals surface area contributed by atoms with E-state index in [1.165, 1.54) is 27.8 Å². The third-order valence-corrected chi connectivity index (χ3v) is 10.6. The van der Waals surface area contributed by atoms with Crippen molar-refractivity contribution in [3.8, 4) is 0 Å². The number of amides is 1. The molecule has 1 aliphatic heterocycles. The van der Waals surface area contributed by atoms with Gasteiger partial charge in [-0.25, -0.2) is 13.4 Å². The topological polar surface area (TPSA) is 70.6 Å². The van der Waals surface area contributed by atoms with Crippen molar-refractivity contribution in [1.29, 1.82) is 0 Å². The third kappa shape index (κ3) is 5.12. The smallest absolute Gasteiger partial charge is 0.264 e. The van der Waals surface area contributed by atoms with Gasteiger partial charge in [-0.1, -0.05) is 59.9 Å². The van der Waals surface area contributed by atoms with Gasteiger partial charge in [0.25, 0.3) is 15.9 Å². The normalized spacial score (nSPS) is 13.3. The maximum Gasteiger partial charge on any atom is 0.264 e. The minimum atomic E-state index is -3.77. The molecule has 0 fully saturated rings. The van der Waals surface area contributed by atoms with Gasteiger partial charge in [-0.2, -0.15) is 0 Å². The van der Waals surface area contributed by atoms with Crippen molar-refractivity contribution in [3.63, 3.8) is 0 Å². The van der Waals surface area contributed by atoms with Crippen LogP contribution in [0, 0.1) is 0 Å². The second kappa shape index (κ2) is 11.1. The SMILES string of the molecule is CSc1ccc2nc(N(Cc3ccccc3)C(=O)c3ccc(S(=O)(=O)N4CCCc5ccccc54)cc3)sc2c1. The number of rotatable bonds is 7. The minimum Gasteiger partial charge on any atom is -0.279 e. The molecule has 0 unspecified atom stereocenters. The summed E-state index contributed by atoms with van der Waals surface area (Å²) in [5.74, 6) is -0.236. The molecular weight excluding hydrogens is 559 g/mol. The summed E-state index contributed by atoms with van der Waals surface area (Å²) < 4.78 is 29.7. The molecule has 9 heteroatoms. The summed E-state index contributed by atoms with van der Waals surface area (Å²) in [6.45, 7) is 0.778. The van der Waals surface area contributed by atoms with E-state index in [0.29, 0.717) is 23.8 Å². The van der Waals surface area contributed by atoms with Gasteiger partial charge in [-0.15, -0.1) is 11.8 Å². The van der Waals surface area contributed by atoms with Crippen LogP contribution in [0.5, 0.6) is 0 Å². The number of thiazole rings is 1. The van der Waals surface area contributed by atoms with E-state index in [0.717, 1.165) is 44.8 Å². The molecule has 0 aliphatic carbocycles. The zero-order valence-electron chi connectivity index (χ0n) is 21.9. The Balaban J connectivity index is 1.33. The first-order valence-corrected chi connectivity index (χ1v) is 16.4. The lowest BCUT2D eigenvalue weighted by atomic mass is 10.0. The highest BCUT2D eigenvalue weighted by Crippen LogP contribution is 2.34. The number of nitrogens with zero attached hydrogens (tertiary/aromatic N) is 3. The number of aryl methyl sites for hydroxylation is 1. The average Bonchev–Trinajstić information content (AvgIpc) is 3.43. The predicted octanol–water partition coefficient (Wildman–Crippen LogP) is 7.01. The Labute approximate surface area is 242 Å². The molecule has 202 valence electrons. The first-order valence-electron chi connectivity index (χ1n) is 12.9. The number of benzene rings is 4. The Kier molecular flexibility index (Phi) is 7.35. The highest BCUT2D eigenvalue weighted by molar-refractivity contribution is 7.98. The maximum absolute atomic E-state index is 13.9. The van der Waals surface area contributed by atoms with Crippen LogP contribution in [-0.4, -0.2) is 32.1 Å². The molecule has 6 rings (SSSR count). The van der Waals surface area contributed by atoms with E-state index in [1.54, 1.807) is 28.8 Å². The molecule has 1 aromatic heterocycles. The number of sulfonamides is 1. The van der Waals surface area contributed by atoms with Crippen LogP contribution in [0.1, 0.15) is 27.9 Å². The molecule has 5 aromatic rings. The van der Waals surface area contributed by atoms with Crippen molar-refractivity contribution in [2.24, 2.45) is 0 Å². The van der Waals surface area contributed by atoms with Gasteiger partial charge < -0.3 is 0 Å². The molecular formula is C31H27N3O3S3. The number of thioether (sulfide) groups is 1. The van der Waals surface area contributed by atoms with Gasteiger partial charge in [0.15, 0.2) is 5.13 Å². The van der Waals surface area contributed by atoms with E-state index in [9.17, 15) is 13.2 Å². The number of para-hydroxylation sites is 1. The van der Waals surface area contributed by atoms with E-state index < -0.39 is 10.0 Å². The third-order valence-electron chi connectivity index (χ3n) is 7.00. The highest BCUT2D eigenvalue weighted by atomic mass is 32.2. The summed E-state index contributed by atoms with van der Waals surface area (Å²) in [6, 6.07) is 29.8. The summed E-state index contributed by atoms with van der Waals surface area (Å²) in [6.07, 6.45) is 3.65. The Hall–Kier alpha value is -3.66. The molecule has 0 saturated heterocycles. The van der Waals surface area contributed by atoms with Crippen LogP contribution in [0.25, 0.3) is 10.2 Å². The minimum absolute atomic E-state index is 0.167. The van der Waals surface area contributed by atoms with Crippen LogP contribution >= 0.6 is 23.1 Å². The van der Waals surface area contributed by atoms with Crippen molar-refractivity contribution in [2.45, 2.75) is 29.2 Å². The lowest BCUT2D eigenvalue weighted by Crippen LogP contribution is -2.35. The molecule has 2 heterocycles. The Morgan fingerprint density at radius 1 is 0.975 bits per heavy atom. The molecule has 0 N–H and O–H groups in total. The second-order valence-corrected chi connectivity index (χ2v) is 13.3. The molecule has 0 bridgehead atoms. The Morgan fingerprint density at radius 3 is 2.50 bits per heavy atom. The van der Waals surface area contributed by atoms with Gasteiger partial charge in [-0.3, -0.25) is 14.0 Å². The molecule has 6 nitrogen and oxygen atoms in total. The van der Waals surface area contributed by atoms with Gasteiger partial charge in [0.1, 0.15) is 0 Å². The lowest BCUT2D eigenvalue weighted by Gasteiger charge is -2.30. The summed E-state index contributed by atoms with van der Waals surface area (Å²) in [5.41, 5.74) is 3.97. The molecule has 0 spiro atoms. The summed E-state index contributed by atoms with van der Waals surface area (Å²) in [5, 5.41) is 0.601. The zero-order valence-corrected chi connectivity index (χ0v) is 24.3. The first kappa shape index (κ1) is 26.6. The molecule has 0 saturated carbocycles. The van der Waals surface area contributed by atoms with E-state index >= 15 is 0 Å². The fourth-order valence-corrected chi connectivity index (χ4v) is 7.99. The van der Waals surface area contributed by atoms with Crippen LogP contribution in [-0.2, 0) is 23.0 Å². The van der Waals surface area contributed by atoms with Crippen molar-refractivity contribution in [2.75, 3.05) is 22.0 Å². The van der Waals surface area contributed by atoms with E-state index in [1.807, 2.05) is 73.0 Å². The zero-order chi connectivity index (χ0) is 27.7.